The topological polar surface area (TPSA) is 44.5 Å². The van der Waals surface area contributed by atoms with Crippen LogP contribution in [0.2, 0.25) is 0 Å². The van der Waals surface area contributed by atoms with Gasteiger partial charge in [0.25, 0.3) is 0 Å². The first-order chi connectivity index (χ1) is 9.17. The monoisotopic (exact) mass is 283 g/mol. The maximum atomic E-state index is 13.0. The van der Waals surface area contributed by atoms with Crippen molar-refractivity contribution < 1.29 is 13.9 Å². The molecule has 1 saturated heterocycles. The number of nitrogens with two attached hydrogens (primary N) is 1. The maximum Gasteiger partial charge on any atom is 0.168 e. The van der Waals surface area contributed by atoms with Gasteiger partial charge in [0.2, 0.25) is 0 Å². The fourth-order valence-electron chi connectivity index (χ4n) is 2.71. The van der Waals surface area contributed by atoms with E-state index in [1.54, 1.807) is 17.8 Å². The van der Waals surface area contributed by atoms with Crippen molar-refractivity contribution in [3.63, 3.8) is 0 Å². The Balaban J connectivity index is 1.55. The number of rotatable bonds is 3. The number of halogens is 1. The van der Waals surface area contributed by atoms with Crippen LogP contribution < -0.4 is 5.73 Å². The van der Waals surface area contributed by atoms with E-state index in [0.29, 0.717) is 12.3 Å². The van der Waals surface area contributed by atoms with Gasteiger partial charge < -0.3 is 15.2 Å². The van der Waals surface area contributed by atoms with Crippen molar-refractivity contribution in [3.8, 4) is 0 Å². The minimum absolute atomic E-state index is 0.104. The van der Waals surface area contributed by atoms with Gasteiger partial charge in [-0.1, -0.05) is 0 Å². The number of ether oxygens (including phenoxy) is 2. The zero-order valence-electron chi connectivity index (χ0n) is 10.7. The smallest absolute Gasteiger partial charge is 0.168 e. The summed E-state index contributed by atoms with van der Waals surface area (Å²) in [5.74, 6) is 0.184. The van der Waals surface area contributed by atoms with E-state index in [9.17, 15) is 4.39 Å². The van der Waals surface area contributed by atoms with Crippen molar-refractivity contribution in [1.82, 2.24) is 0 Å². The van der Waals surface area contributed by atoms with Crippen LogP contribution in [0.5, 0.6) is 0 Å². The molecule has 3 rings (SSSR count). The molecule has 1 aliphatic carbocycles. The van der Waals surface area contributed by atoms with Crippen molar-refractivity contribution in [2.75, 3.05) is 18.1 Å². The van der Waals surface area contributed by atoms with Gasteiger partial charge >= 0.3 is 0 Å². The quantitative estimate of drug-likeness (QED) is 0.683. The normalized spacial score (nSPS) is 25.2. The highest BCUT2D eigenvalue weighted by molar-refractivity contribution is 7.99. The minimum Gasteiger partial charge on any atom is -0.398 e. The van der Waals surface area contributed by atoms with Gasteiger partial charge in [-0.2, -0.15) is 0 Å². The van der Waals surface area contributed by atoms with Crippen LogP contribution in [0.3, 0.4) is 0 Å². The average molecular weight is 283 g/mol. The summed E-state index contributed by atoms with van der Waals surface area (Å²) in [6.45, 7) is 0.647. The molecule has 1 atom stereocenters. The molecule has 1 aromatic carbocycles. The third kappa shape index (κ3) is 2.88. The molecule has 0 bridgehead atoms. The standard InChI is InChI=1S/C14H18FNO2S/c15-10-3-4-13(12(16)7-10)19-9-11-8-17-14(18-11)5-1-2-6-14/h3-4,7,11H,1-2,5-6,8-9,16H2. The Labute approximate surface area is 116 Å². The maximum absolute atomic E-state index is 13.0. The molecule has 0 amide bonds. The Hall–Kier alpha value is -0.780. The largest absolute Gasteiger partial charge is 0.398 e. The van der Waals surface area contributed by atoms with Crippen LogP contribution in [0.15, 0.2) is 23.1 Å². The van der Waals surface area contributed by atoms with Crippen LogP contribution >= 0.6 is 11.8 Å². The Morgan fingerprint density at radius 3 is 2.89 bits per heavy atom. The Bertz CT molecular complexity index is 463. The van der Waals surface area contributed by atoms with E-state index in [-0.39, 0.29) is 17.7 Å². The number of hydrogen-bond acceptors (Lipinski definition) is 4. The highest BCUT2D eigenvalue weighted by Crippen LogP contribution is 2.40. The van der Waals surface area contributed by atoms with Crippen LogP contribution in [0.4, 0.5) is 10.1 Å². The van der Waals surface area contributed by atoms with Crippen molar-refractivity contribution in [1.29, 1.82) is 0 Å². The van der Waals surface area contributed by atoms with Crippen LogP contribution in [-0.2, 0) is 9.47 Å². The summed E-state index contributed by atoms with van der Waals surface area (Å²) >= 11 is 1.60. The summed E-state index contributed by atoms with van der Waals surface area (Å²) in [7, 11) is 0. The molecule has 2 N–H and O–H groups in total. The van der Waals surface area contributed by atoms with Crippen molar-refractivity contribution >= 4 is 17.4 Å². The van der Waals surface area contributed by atoms with E-state index in [1.807, 2.05) is 0 Å². The van der Waals surface area contributed by atoms with Gasteiger partial charge in [-0.05, 0) is 31.0 Å². The summed E-state index contributed by atoms with van der Waals surface area (Å²) in [6, 6.07) is 4.51. The molecule has 1 aromatic rings. The van der Waals surface area contributed by atoms with Gasteiger partial charge in [0.05, 0.1) is 12.7 Å². The van der Waals surface area contributed by atoms with E-state index in [4.69, 9.17) is 15.2 Å². The molecule has 0 aromatic heterocycles. The van der Waals surface area contributed by atoms with Crippen LogP contribution in [-0.4, -0.2) is 24.3 Å². The number of nitrogen functional groups attached to an aromatic ring is 1. The summed E-state index contributed by atoms with van der Waals surface area (Å²) in [5.41, 5.74) is 6.27. The lowest BCUT2D eigenvalue weighted by Crippen LogP contribution is -2.27. The van der Waals surface area contributed by atoms with Crippen LogP contribution in [0.1, 0.15) is 25.7 Å². The lowest BCUT2D eigenvalue weighted by molar-refractivity contribution is -0.159. The number of hydrogen-bond donors (Lipinski definition) is 1. The summed E-state index contributed by atoms with van der Waals surface area (Å²) in [6.07, 6.45) is 4.49. The lowest BCUT2D eigenvalue weighted by Gasteiger charge is -2.21. The highest BCUT2D eigenvalue weighted by atomic mass is 32.2. The minimum atomic E-state index is -0.306. The first kappa shape index (κ1) is 13.2. The van der Waals surface area contributed by atoms with E-state index >= 15 is 0 Å². The lowest BCUT2D eigenvalue weighted by atomic mass is 10.2. The van der Waals surface area contributed by atoms with Gasteiger partial charge in [-0.15, -0.1) is 11.8 Å². The molecule has 0 radical (unpaired) electrons. The Morgan fingerprint density at radius 1 is 1.37 bits per heavy atom. The predicted octanol–water partition coefficient (Wildman–Crippen LogP) is 3.19. The molecule has 1 unspecified atom stereocenters. The molecule has 2 fully saturated rings. The molecule has 19 heavy (non-hydrogen) atoms. The van der Waals surface area contributed by atoms with Gasteiger partial charge in [-0.25, -0.2) is 4.39 Å². The van der Waals surface area contributed by atoms with Crippen LogP contribution in [0.25, 0.3) is 0 Å². The second-order valence-electron chi connectivity index (χ2n) is 5.16. The fraction of sp³-hybridized carbons (Fsp3) is 0.571. The Kier molecular flexibility index (Phi) is 3.69. The van der Waals surface area contributed by atoms with E-state index in [0.717, 1.165) is 23.5 Å². The number of thioether (sulfide) groups is 1. The third-order valence-corrected chi connectivity index (χ3v) is 4.90. The second-order valence-corrected chi connectivity index (χ2v) is 6.22. The SMILES string of the molecule is Nc1cc(F)ccc1SCC1COC2(CCCC2)O1. The molecule has 1 spiro atoms. The molecule has 3 nitrogen and oxygen atoms in total. The van der Waals surface area contributed by atoms with Crippen LogP contribution in [0, 0.1) is 5.82 Å². The fourth-order valence-corrected chi connectivity index (χ4v) is 3.63. The first-order valence-corrected chi connectivity index (χ1v) is 7.65. The predicted molar refractivity (Wildman–Crippen MR) is 73.6 cm³/mol. The van der Waals surface area contributed by atoms with Crippen molar-refractivity contribution in [2.24, 2.45) is 0 Å². The molecular formula is C14H18FNO2S. The summed E-state index contributed by atoms with van der Waals surface area (Å²) in [5, 5.41) is 0. The van der Waals surface area contributed by atoms with E-state index in [1.165, 1.54) is 25.0 Å². The van der Waals surface area contributed by atoms with Gasteiger partial charge in [0.1, 0.15) is 5.82 Å². The molecular weight excluding hydrogens is 265 g/mol. The number of benzene rings is 1. The second kappa shape index (κ2) is 5.31. The van der Waals surface area contributed by atoms with Gasteiger partial charge in [0.15, 0.2) is 5.79 Å². The number of anilines is 1. The van der Waals surface area contributed by atoms with Crippen molar-refractivity contribution in [3.05, 3.63) is 24.0 Å². The molecule has 5 heteroatoms. The zero-order valence-corrected chi connectivity index (χ0v) is 11.5. The average Bonchev–Trinajstić information content (AvgIpc) is 2.99. The van der Waals surface area contributed by atoms with Gasteiger partial charge in [-0.3, -0.25) is 0 Å². The Morgan fingerprint density at radius 2 is 2.16 bits per heavy atom. The molecule has 1 aliphatic heterocycles. The highest BCUT2D eigenvalue weighted by Gasteiger charge is 2.43. The molecule has 1 saturated carbocycles. The van der Waals surface area contributed by atoms with E-state index in [2.05, 4.69) is 0 Å². The summed E-state index contributed by atoms with van der Waals surface area (Å²) in [4.78, 5) is 0.900. The summed E-state index contributed by atoms with van der Waals surface area (Å²) < 4.78 is 24.8. The van der Waals surface area contributed by atoms with Crippen molar-refractivity contribution in [2.45, 2.75) is 42.5 Å². The van der Waals surface area contributed by atoms with E-state index < -0.39 is 0 Å². The first-order valence-electron chi connectivity index (χ1n) is 6.66. The molecule has 104 valence electrons. The molecule has 1 heterocycles. The molecule has 2 aliphatic rings. The zero-order chi connectivity index (χ0) is 13.3. The van der Waals surface area contributed by atoms with Gasteiger partial charge in [0, 0.05) is 29.2 Å². The third-order valence-electron chi connectivity index (χ3n) is 3.68.